The summed E-state index contributed by atoms with van der Waals surface area (Å²) in [7, 11) is 5.00. The molecule has 1 saturated heterocycles. The number of piperidine rings is 1. The highest BCUT2D eigenvalue weighted by molar-refractivity contribution is 5.96. The second-order valence-corrected chi connectivity index (χ2v) is 7.54. The number of likely N-dealkylation sites (tertiary alicyclic amines) is 1. The third-order valence-electron chi connectivity index (χ3n) is 5.00. The minimum atomic E-state index is -1.22. The molecule has 2 N–H and O–H groups in total. The van der Waals surface area contributed by atoms with Crippen LogP contribution in [-0.2, 0) is 4.79 Å². The quantitative estimate of drug-likeness (QED) is 0.799. The highest BCUT2D eigenvalue weighted by Crippen LogP contribution is 2.26. The molecule has 8 nitrogen and oxygen atoms in total. The predicted molar refractivity (Wildman–Crippen MR) is 107 cm³/mol. The Kier molecular flexibility index (Phi) is 7.01. The highest BCUT2D eigenvalue weighted by Gasteiger charge is 2.37. The normalized spacial score (nSPS) is 19.1. The Morgan fingerprint density at radius 1 is 1.25 bits per heavy atom. The summed E-state index contributed by atoms with van der Waals surface area (Å²) in [4.78, 5) is 41.5. The van der Waals surface area contributed by atoms with Crippen LogP contribution >= 0.6 is 0 Å². The lowest BCUT2D eigenvalue weighted by Gasteiger charge is -2.39. The summed E-state index contributed by atoms with van der Waals surface area (Å²) >= 11 is 0. The first-order valence-electron chi connectivity index (χ1n) is 9.49. The average Bonchev–Trinajstić information content (AvgIpc) is 2.66. The molecule has 1 aromatic rings. The van der Waals surface area contributed by atoms with Gasteiger partial charge < -0.3 is 25.1 Å². The molecule has 0 radical (unpaired) electrons. The van der Waals surface area contributed by atoms with Crippen LogP contribution < -0.4 is 5.32 Å². The van der Waals surface area contributed by atoms with E-state index >= 15 is 0 Å². The van der Waals surface area contributed by atoms with Gasteiger partial charge in [-0.15, -0.1) is 0 Å². The Bertz CT molecular complexity index is 737. The van der Waals surface area contributed by atoms with Crippen molar-refractivity contribution in [2.75, 3.05) is 46.1 Å². The Morgan fingerprint density at radius 2 is 1.96 bits per heavy atom. The van der Waals surface area contributed by atoms with Crippen LogP contribution in [0.1, 0.15) is 36.5 Å². The summed E-state index contributed by atoms with van der Waals surface area (Å²) < 4.78 is 0. The molecule has 28 heavy (non-hydrogen) atoms. The number of β-amino-alcohol motifs (C(OH)–C–C–N with tert-alkyl or cyclic N) is 1. The summed E-state index contributed by atoms with van der Waals surface area (Å²) in [6.07, 6.45) is 1.07. The molecule has 1 aliphatic heterocycles. The fourth-order valence-electron chi connectivity index (χ4n) is 3.17. The third kappa shape index (κ3) is 5.45. The SMILES string of the molecule is CCN(C)C(=O)c1cccc(NC(=O)N2CCCC(O)(CC(=O)N(C)C)C2)c1. The minimum absolute atomic E-state index is 0.0167. The van der Waals surface area contributed by atoms with E-state index in [1.807, 2.05) is 6.92 Å². The molecule has 1 atom stereocenters. The number of carbonyl (C=O) groups is 3. The fourth-order valence-corrected chi connectivity index (χ4v) is 3.17. The number of carbonyl (C=O) groups excluding carboxylic acids is 3. The molecule has 1 heterocycles. The smallest absolute Gasteiger partial charge is 0.321 e. The van der Waals surface area contributed by atoms with E-state index in [1.54, 1.807) is 50.3 Å². The summed E-state index contributed by atoms with van der Waals surface area (Å²) in [5, 5.41) is 13.5. The number of amides is 4. The zero-order chi connectivity index (χ0) is 20.9. The number of urea groups is 1. The van der Waals surface area contributed by atoms with Gasteiger partial charge in [-0.3, -0.25) is 9.59 Å². The van der Waals surface area contributed by atoms with Gasteiger partial charge in [-0.25, -0.2) is 4.79 Å². The summed E-state index contributed by atoms with van der Waals surface area (Å²) in [6, 6.07) is 6.42. The lowest BCUT2D eigenvalue weighted by atomic mass is 9.89. The molecule has 4 amide bonds. The van der Waals surface area contributed by atoms with Gasteiger partial charge in [0.25, 0.3) is 5.91 Å². The average molecular weight is 390 g/mol. The van der Waals surface area contributed by atoms with Gasteiger partial charge in [0.05, 0.1) is 18.6 Å². The number of nitrogens with zero attached hydrogens (tertiary/aromatic N) is 3. The first kappa shape index (κ1) is 21.7. The van der Waals surface area contributed by atoms with E-state index in [9.17, 15) is 19.5 Å². The van der Waals surface area contributed by atoms with E-state index in [0.29, 0.717) is 37.2 Å². The second-order valence-electron chi connectivity index (χ2n) is 7.54. The second kappa shape index (κ2) is 9.05. The van der Waals surface area contributed by atoms with Gasteiger partial charge in [-0.2, -0.15) is 0 Å². The number of rotatable bonds is 5. The van der Waals surface area contributed by atoms with E-state index < -0.39 is 5.60 Å². The van der Waals surface area contributed by atoms with Crippen LogP contribution in [-0.4, -0.2) is 84.0 Å². The molecule has 0 aromatic heterocycles. The van der Waals surface area contributed by atoms with Crippen LogP contribution in [0, 0.1) is 0 Å². The number of nitrogens with one attached hydrogen (secondary N) is 1. The van der Waals surface area contributed by atoms with E-state index in [0.717, 1.165) is 0 Å². The zero-order valence-electron chi connectivity index (χ0n) is 17.1. The van der Waals surface area contributed by atoms with E-state index in [4.69, 9.17) is 0 Å². The largest absolute Gasteiger partial charge is 0.387 e. The van der Waals surface area contributed by atoms with Crippen molar-refractivity contribution in [2.24, 2.45) is 0 Å². The van der Waals surface area contributed by atoms with Crippen molar-refractivity contribution >= 4 is 23.5 Å². The number of hydrogen-bond donors (Lipinski definition) is 2. The van der Waals surface area contributed by atoms with Crippen LogP contribution in [0.15, 0.2) is 24.3 Å². The van der Waals surface area contributed by atoms with Crippen LogP contribution in [0.5, 0.6) is 0 Å². The molecular formula is C20H30N4O4. The highest BCUT2D eigenvalue weighted by atomic mass is 16.3. The van der Waals surface area contributed by atoms with Crippen molar-refractivity contribution in [1.29, 1.82) is 0 Å². The molecule has 0 aliphatic carbocycles. The van der Waals surface area contributed by atoms with Gasteiger partial charge in [-0.1, -0.05) is 6.07 Å². The van der Waals surface area contributed by atoms with Gasteiger partial charge in [0.1, 0.15) is 0 Å². The van der Waals surface area contributed by atoms with Crippen molar-refractivity contribution in [3.05, 3.63) is 29.8 Å². The van der Waals surface area contributed by atoms with E-state index in [1.165, 1.54) is 9.80 Å². The topological polar surface area (TPSA) is 93.2 Å². The predicted octanol–water partition coefficient (Wildman–Crippen LogP) is 1.62. The number of benzene rings is 1. The molecule has 1 aliphatic rings. The van der Waals surface area contributed by atoms with Gasteiger partial charge in [0.15, 0.2) is 0 Å². The number of aliphatic hydroxyl groups is 1. The maximum Gasteiger partial charge on any atom is 0.321 e. The first-order valence-corrected chi connectivity index (χ1v) is 9.49. The number of hydrogen-bond acceptors (Lipinski definition) is 4. The maximum atomic E-state index is 12.7. The Morgan fingerprint density at radius 3 is 2.61 bits per heavy atom. The minimum Gasteiger partial charge on any atom is -0.387 e. The third-order valence-corrected chi connectivity index (χ3v) is 5.00. The molecule has 0 saturated carbocycles. The molecule has 1 unspecified atom stereocenters. The van der Waals surface area contributed by atoms with Crippen LogP contribution in [0.4, 0.5) is 10.5 Å². The molecule has 0 spiro atoms. The van der Waals surface area contributed by atoms with Gasteiger partial charge in [0.2, 0.25) is 5.91 Å². The Hall–Kier alpha value is -2.61. The maximum absolute atomic E-state index is 12.7. The van der Waals surface area contributed by atoms with Gasteiger partial charge >= 0.3 is 6.03 Å². The Balaban J connectivity index is 2.04. The van der Waals surface area contributed by atoms with Crippen LogP contribution in [0.2, 0.25) is 0 Å². The number of anilines is 1. The molecule has 2 rings (SSSR count). The molecule has 1 fully saturated rings. The van der Waals surface area contributed by atoms with Crippen molar-refractivity contribution in [3.8, 4) is 0 Å². The van der Waals surface area contributed by atoms with Crippen molar-refractivity contribution in [2.45, 2.75) is 31.8 Å². The molecule has 8 heteroatoms. The van der Waals surface area contributed by atoms with Crippen molar-refractivity contribution < 1.29 is 19.5 Å². The molecular weight excluding hydrogens is 360 g/mol. The van der Waals surface area contributed by atoms with E-state index in [-0.39, 0.29) is 30.8 Å². The standard InChI is InChI=1S/C20H30N4O4/c1-5-23(4)18(26)15-8-6-9-16(12-15)21-19(27)24-11-7-10-20(28,14-24)13-17(25)22(2)3/h6,8-9,12,28H,5,7,10-11,13-14H2,1-4H3,(H,21,27). The first-order chi connectivity index (χ1) is 13.1. The van der Waals surface area contributed by atoms with Crippen molar-refractivity contribution in [1.82, 2.24) is 14.7 Å². The summed E-state index contributed by atoms with van der Waals surface area (Å²) in [5.74, 6) is -0.288. The fraction of sp³-hybridized carbons (Fsp3) is 0.550. The van der Waals surface area contributed by atoms with E-state index in [2.05, 4.69) is 5.32 Å². The molecule has 1 aromatic carbocycles. The summed E-state index contributed by atoms with van der Waals surface area (Å²) in [5.41, 5.74) is -0.216. The molecule has 154 valence electrons. The lowest BCUT2D eigenvalue weighted by molar-refractivity contribution is -0.135. The monoisotopic (exact) mass is 390 g/mol. The van der Waals surface area contributed by atoms with Gasteiger partial charge in [0, 0.05) is 45.5 Å². The zero-order valence-corrected chi connectivity index (χ0v) is 17.1. The van der Waals surface area contributed by atoms with Crippen LogP contribution in [0.3, 0.4) is 0 Å². The summed E-state index contributed by atoms with van der Waals surface area (Å²) in [6.45, 7) is 3.08. The van der Waals surface area contributed by atoms with Gasteiger partial charge in [-0.05, 0) is 38.0 Å². The molecule has 0 bridgehead atoms. The Labute approximate surface area is 166 Å². The van der Waals surface area contributed by atoms with Crippen LogP contribution in [0.25, 0.3) is 0 Å². The lowest BCUT2D eigenvalue weighted by Crippen LogP contribution is -2.53. The van der Waals surface area contributed by atoms with Crippen molar-refractivity contribution in [3.63, 3.8) is 0 Å².